The minimum atomic E-state index is -2.76. The molecular formula is C12H20F2N2O. The number of hydrogen-bond donors (Lipinski definition) is 1. The second-order valence-electron chi connectivity index (χ2n) is 3.97. The highest BCUT2D eigenvalue weighted by atomic mass is 19.3. The summed E-state index contributed by atoms with van der Waals surface area (Å²) in [4.78, 5) is 13.1. The van der Waals surface area contributed by atoms with Crippen molar-refractivity contribution in [2.24, 2.45) is 5.73 Å². The van der Waals surface area contributed by atoms with E-state index in [1.54, 1.807) is 18.2 Å². The Labute approximate surface area is 101 Å². The van der Waals surface area contributed by atoms with Gasteiger partial charge in [-0.25, -0.2) is 8.78 Å². The van der Waals surface area contributed by atoms with E-state index in [4.69, 9.17) is 5.73 Å². The van der Waals surface area contributed by atoms with Gasteiger partial charge in [0.25, 0.3) is 5.91 Å². The first-order valence-corrected chi connectivity index (χ1v) is 5.47. The number of nitrogens with zero attached hydrogens (tertiary/aromatic N) is 1. The van der Waals surface area contributed by atoms with Gasteiger partial charge < -0.3 is 10.6 Å². The molecule has 0 atom stereocenters. The molecule has 0 saturated heterocycles. The normalized spacial score (nSPS) is 13.2. The molecule has 1 amide bonds. The van der Waals surface area contributed by atoms with Crippen molar-refractivity contribution in [3.63, 3.8) is 0 Å². The first kappa shape index (κ1) is 15.8. The number of carbonyl (C=O) groups excluding carboxylic acids is 1. The number of allylic oxidation sites excluding steroid dienone is 3. The summed E-state index contributed by atoms with van der Waals surface area (Å²) in [6.45, 7) is 2.76. The summed E-state index contributed by atoms with van der Waals surface area (Å²) in [5, 5.41) is 0. The second-order valence-corrected chi connectivity index (χ2v) is 3.97. The average molecular weight is 246 g/mol. The molecule has 0 radical (unpaired) electrons. The van der Waals surface area contributed by atoms with E-state index in [-0.39, 0.29) is 25.4 Å². The summed E-state index contributed by atoms with van der Waals surface area (Å²) in [5.41, 5.74) is 5.84. The lowest BCUT2D eigenvalue weighted by Gasteiger charge is -2.20. The Morgan fingerprint density at radius 1 is 1.47 bits per heavy atom. The molecule has 0 aliphatic carbocycles. The highest BCUT2D eigenvalue weighted by Gasteiger charge is 2.23. The fourth-order valence-electron chi connectivity index (χ4n) is 1.15. The van der Waals surface area contributed by atoms with Gasteiger partial charge in [-0.1, -0.05) is 18.2 Å². The van der Waals surface area contributed by atoms with Crippen LogP contribution < -0.4 is 5.73 Å². The van der Waals surface area contributed by atoms with Crippen LogP contribution in [0.2, 0.25) is 0 Å². The van der Waals surface area contributed by atoms with Crippen LogP contribution in [0, 0.1) is 0 Å². The van der Waals surface area contributed by atoms with Gasteiger partial charge in [-0.2, -0.15) is 0 Å². The van der Waals surface area contributed by atoms with Crippen molar-refractivity contribution in [1.29, 1.82) is 0 Å². The van der Waals surface area contributed by atoms with E-state index in [1.807, 2.05) is 6.92 Å². The van der Waals surface area contributed by atoms with Crippen molar-refractivity contribution in [2.75, 3.05) is 20.1 Å². The minimum Gasteiger partial charge on any atom is -0.342 e. The molecule has 98 valence electrons. The fourth-order valence-corrected chi connectivity index (χ4v) is 1.15. The molecule has 0 aromatic carbocycles. The van der Waals surface area contributed by atoms with Crippen molar-refractivity contribution in [2.45, 2.75) is 26.2 Å². The first-order valence-electron chi connectivity index (χ1n) is 5.47. The maximum Gasteiger partial charge on any atom is 0.250 e. The Balaban J connectivity index is 4.47. The lowest BCUT2D eigenvalue weighted by atomic mass is 10.2. The molecule has 0 aliphatic heterocycles. The number of nitrogens with two attached hydrogens (primary N) is 1. The van der Waals surface area contributed by atoms with Crippen LogP contribution in [0.25, 0.3) is 0 Å². The van der Waals surface area contributed by atoms with Crippen LogP contribution in [-0.4, -0.2) is 36.9 Å². The third kappa shape index (κ3) is 6.84. The molecule has 0 unspecified atom stereocenters. The number of likely N-dealkylation sites (N-methyl/N-ethyl adjacent to an activating group) is 1. The molecule has 0 aromatic rings. The Morgan fingerprint density at radius 3 is 2.47 bits per heavy atom. The standard InChI is InChI=1S/C12H20F2N2O/c1-4-5-6-10(9-15)11(17)16(3)8-7-12(2,13)14/h4-6H,7-9,15H2,1-3H3/b5-4-,10-6+. The number of hydrogen-bond acceptors (Lipinski definition) is 2. The maximum absolute atomic E-state index is 12.6. The molecule has 0 aliphatic rings. The lowest BCUT2D eigenvalue weighted by Crippen LogP contribution is -2.33. The zero-order chi connectivity index (χ0) is 13.5. The minimum absolute atomic E-state index is 0.00944. The van der Waals surface area contributed by atoms with E-state index in [2.05, 4.69) is 0 Å². The molecule has 0 saturated carbocycles. The summed E-state index contributed by atoms with van der Waals surface area (Å²) >= 11 is 0. The zero-order valence-electron chi connectivity index (χ0n) is 10.5. The number of amides is 1. The molecule has 3 nitrogen and oxygen atoms in total. The Morgan fingerprint density at radius 2 is 2.06 bits per heavy atom. The molecule has 0 spiro atoms. The molecular weight excluding hydrogens is 226 g/mol. The van der Waals surface area contributed by atoms with E-state index in [1.165, 1.54) is 11.9 Å². The van der Waals surface area contributed by atoms with Gasteiger partial charge in [0.05, 0.1) is 0 Å². The second kappa shape index (κ2) is 7.17. The largest absolute Gasteiger partial charge is 0.342 e. The first-order chi connectivity index (χ1) is 7.81. The van der Waals surface area contributed by atoms with Crippen LogP contribution in [0.15, 0.2) is 23.8 Å². The molecule has 0 fully saturated rings. The van der Waals surface area contributed by atoms with E-state index in [0.717, 1.165) is 6.92 Å². The fraction of sp³-hybridized carbons (Fsp3) is 0.583. The lowest BCUT2D eigenvalue weighted by molar-refractivity contribution is -0.126. The smallest absolute Gasteiger partial charge is 0.250 e. The highest BCUT2D eigenvalue weighted by Crippen LogP contribution is 2.17. The van der Waals surface area contributed by atoms with Gasteiger partial charge in [0.15, 0.2) is 0 Å². The van der Waals surface area contributed by atoms with Crippen LogP contribution in [0.1, 0.15) is 20.3 Å². The maximum atomic E-state index is 12.6. The van der Waals surface area contributed by atoms with Crippen molar-refractivity contribution in [3.05, 3.63) is 23.8 Å². The SMILES string of the molecule is C/C=C\C=C(/CN)C(=O)N(C)CCC(C)(F)F. The highest BCUT2D eigenvalue weighted by molar-refractivity contribution is 5.93. The van der Waals surface area contributed by atoms with Crippen LogP contribution in [0.5, 0.6) is 0 Å². The van der Waals surface area contributed by atoms with Gasteiger partial charge in [-0.05, 0) is 13.8 Å². The molecule has 5 heteroatoms. The Kier molecular flexibility index (Phi) is 6.65. The third-order valence-electron chi connectivity index (χ3n) is 2.22. The number of carbonyl (C=O) groups is 1. The molecule has 0 aromatic heterocycles. The van der Waals surface area contributed by atoms with E-state index in [9.17, 15) is 13.6 Å². The average Bonchev–Trinajstić information content (AvgIpc) is 2.25. The van der Waals surface area contributed by atoms with Crippen LogP contribution in [0.3, 0.4) is 0 Å². The molecule has 2 N–H and O–H groups in total. The summed E-state index contributed by atoms with van der Waals surface area (Å²) in [7, 11) is 1.49. The van der Waals surface area contributed by atoms with E-state index >= 15 is 0 Å². The third-order valence-corrected chi connectivity index (χ3v) is 2.22. The van der Waals surface area contributed by atoms with Crippen molar-refractivity contribution < 1.29 is 13.6 Å². The van der Waals surface area contributed by atoms with Crippen LogP contribution in [-0.2, 0) is 4.79 Å². The van der Waals surface area contributed by atoms with E-state index < -0.39 is 5.92 Å². The molecule has 0 rings (SSSR count). The summed E-state index contributed by atoms with van der Waals surface area (Å²) in [6.07, 6.45) is 4.71. The zero-order valence-corrected chi connectivity index (χ0v) is 10.5. The Bertz CT molecular complexity index is 306. The van der Waals surface area contributed by atoms with E-state index in [0.29, 0.717) is 5.57 Å². The predicted octanol–water partition coefficient (Wildman–Crippen LogP) is 1.95. The molecule has 0 heterocycles. The topological polar surface area (TPSA) is 46.3 Å². The summed E-state index contributed by atoms with van der Waals surface area (Å²) in [6, 6.07) is 0. The summed E-state index contributed by atoms with van der Waals surface area (Å²) < 4.78 is 25.3. The van der Waals surface area contributed by atoms with Crippen molar-refractivity contribution in [3.8, 4) is 0 Å². The van der Waals surface area contributed by atoms with Crippen molar-refractivity contribution in [1.82, 2.24) is 4.90 Å². The van der Waals surface area contributed by atoms with Gasteiger partial charge >= 0.3 is 0 Å². The molecule has 0 bridgehead atoms. The van der Waals surface area contributed by atoms with Gasteiger partial charge in [-0.3, -0.25) is 4.79 Å². The summed E-state index contributed by atoms with van der Waals surface area (Å²) in [5.74, 6) is -3.07. The van der Waals surface area contributed by atoms with Crippen LogP contribution in [0.4, 0.5) is 8.78 Å². The number of alkyl halides is 2. The van der Waals surface area contributed by atoms with Gasteiger partial charge in [0, 0.05) is 32.1 Å². The van der Waals surface area contributed by atoms with Gasteiger partial charge in [0.1, 0.15) is 0 Å². The molecule has 17 heavy (non-hydrogen) atoms. The number of halogens is 2. The quantitative estimate of drug-likeness (QED) is 0.575. The number of rotatable bonds is 6. The van der Waals surface area contributed by atoms with Gasteiger partial charge in [-0.15, -0.1) is 0 Å². The van der Waals surface area contributed by atoms with Gasteiger partial charge in [0.2, 0.25) is 5.92 Å². The monoisotopic (exact) mass is 246 g/mol. The van der Waals surface area contributed by atoms with Crippen molar-refractivity contribution >= 4 is 5.91 Å². The Hall–Kier alpha value is -1.23. The predicted molar refractivity (Wildman–Crippen MR) is 64.8 cm³/mol. The van der Waals surface area contributed by atoms with Crippen LogP contribution >= 0.6 is 0 Å².